The summed E-state index contributed by atoms with van der Waals surface area (Å²) >= 11 is 0. The number of fused-ring (bicyclic) bond motifs is 2. The quantitative estimate of drug-likeness (QED) is 0.494. The van der Waals surface area contributed by atoms with E-state index >= 15 is 0 Å². The fourth-order valence-electron chi connectivity index (χ4n) is 4.61. The van der Waals surface area contributed by atoms with Crippen LogP contribution in [0.1, 0.15) is 44.7 Å². The predicted molar refractivity (Wildman–Crippen MR) is 129 cm³/mol. The third-order valence-corrected chi connectivity index (χ3v) is 6.15. The van der Waals surface area contributed by atoms with Gasteiger partial charge in [-0.15, -0.1) is 0 Å². The standard InChI is InChI=1S/C26H33N3O4/c1-4-13-28-21-9-7-8-10-22(21)29(26(28)31)15-12-25(30)27-14-11-19-16-23(32-5-2)24(33-6-3)17-20(19)18-27/h7-10,16-17H,4-6,11-15,18H2,1-3H3. The first-order chi connectivity index (χ1) is 16.1. The van der Waals surface area contributed by atoms with Gasteiger partial charge in [-0.05, 0) is 62.1 Å². The topological polar surface area (TPSA) is 65.7 Å². The molecule has 3 aromatic rings. The molecule has 0 spiro atoms. The molecule has 2 heterocycles. The lowest BCUT2D eigenvalue weighted by Gasteiger charge is -2.30. The Morgan fingerprint density at radius 3 is 2.12 bits per heavy atom. The first-order valence-corrected chi connectivity index (χ1v) is 11.9. The number of benzene rings is 2. The Labute approximate surface area is 194 Å². The van der Waals surface area contributed by atoms with Crippen molar-refractivity contribution in [1.82, 2.24) is 14.0 Å². The minimum absolute atomic E-state index is 0.0420. The first kappa shape index (κ1) is 23.0. The first-order valence-electron chi connectivity index (χ1n) is 11.9. The molecule has 0 N–H and O–H groups in total. The maximum absolute atomic E-state index is 13.1. The summed E-state index contributed by atoms with van der Waals surface area (Å²) in [6.45, 7) is 9.38. The van der Waals surface area contributed by atoms with Crippen LogP contribution in [0.15, 0.2) is 41.2 Å². The van der Waals surface area contributed by atoms with Gasteiger partial charge in [-0.25, -0.2) is 4.79 Å². The Bertz CT molecular complexity index is 1190. The summed E-state index contributed by atoms with van der Waals surface area (Å²) in [5.74, 6) is 1.55. The van der Waals surface area contributed by atoms with Crippen molar-refractivity contribution in [1.29, 1.82) is 0 Å². The van der Waals surface area contributed by atoms with Gasteiger partial charge in [0, 0.05) is 32.6 Å². The molecule has 0 bridgehead atoms. The van der Waals surface area contributed by atoms with E-state index < -0.39 is 0 Å². The number of amides is 1. The van der Waals surface area contributed by atoms with Crippen molar-refractivity contribution < 1.29 is 14.3 Å². The number of carbonyl (C=O) groups is 1. The second-order valence-corrected chi connectivity index (χ2v) is 8.32. The van der Waals surface area contributed by atoms with Crippen LogP contribution >= 0.6 is 0 Å². The number of hydrogen-bond donors (Lipinski definition) is 0. The molecule has 0 unspecified atom stereocenters. The molecule has 1 aromatic heterocycles. The highest BCUT2D eigenvalue weighted by atomic mass is 16.5. The van der Waals surface area contributed by atoms with Crippen LogP contribution in [0.3, 0.4) is 0 Å². The highest BCUT2D eigenvalue weighted by Gasteiger charge is 2.23. The van der Waals surface area contributed by atoms with E-state index in [9.17, 15) is 9.59 Å². The minimum atomic E-state index is -0.0420. The third-order valence-electron chi connectivity index (χ3n) is 6.15. The Morgan fingerprint density at radius 1 is 0.909 bits per heavy atom. The molecule has 4 rings (SSSR count). The molecule has 0 saturated heterocycles. The van der Waals surface area contributed by atoms with E-state index in [4.69, 9.17) is 9.47 Å². The molecule has 2 aromatic carbocycles. The van der Waals surface area contributed by atoms with Crippen molar-refractivity contribution in [3.8, 4) is 11.5 Å². The number of rotatable bonds is 9. The molecular weight excluding hydrogens is 418 g/mol. The smallest absolute Gasteiger partial charge is 0.329 e. The van der Waals surface area contributed by atoms with Gasteiger partial charge in [0.25, 0.3) is 0 Å². The zero-order valence-electron chi connectivity index (χ0n) is 19.8. The van der Waals surface area contributed by atoms with Crippen LogP contribution in [-0.2, 0) is 30.8 Å². The lowest BCUT2D eigenvalue weighted by atomic mass is 9.98. The van der Waals surface area contributed by atoms with Crippen molar-refractivity contribution in [2.75, 3.05) is 19.8 Å². The molecule has 0 saturated carbocycles. The Kier molecular flexibility index (Phi) is 7.06. The normalized spacial score (nSPS) is 13.2. The number of imidazole rings is 1. The van der Waals surface area contributed by atoms with Crippen molar-refractivity contribution in [2.45, 2.75) is 59.7 Å². The van der Waals surface area contributed by atoms with Crippen molar-refractivity contribution in [3.05, 3.63) is 58.0 Å². The molecule has 33 heavy (non-hydrogen) atoms. The van der Waals surface area contributed by atoms with Gasteiger partial charge in [0.05, 0.1) is 24.2 Å². The highest BCUT2D eigenvalue weighted by molar-refractivity contribution is 5.78. The van der Waals surface area contributed by atoms with Crippen LogP contribution in [0.5, 0.6) is 11.5 Å². The van der Waals surface area contributed by atoms with Crippen molar-refractivity contribution in [2.24, 2.45) is 0 Å². The largest absolute Gasteiger partial charge is 0.490 e. The van der Waals surface area contributed by atoms with E-state index in [1.54, 1.807) is 4.57 Å². The average Bonchev–Trinajstić information content (AvgIpc) is 3.09. The summed E-state index contributed by atoms with van der Waals surface area (Å²) in [6, 6.07) is 11.9. The molecule has 0 atom stereocenters. The summed E-state index contributed by atoms with van der Waals surface area (Å²) in [4.78, 5) is 28.0. The molecule has 7 heteroatoms. The Morgan fingerprint density at radius 2 is 1.52 bits per heavy atom. The van der Waals surface area contributed by atoms with E-state index in [0.29, 0.717) is 45.8 Å². The summed E-state index contributed by atoms with van der Waals surface area (Å²) in [7, 11) is 0. The predicted octanol–water partition coefficient (Wildman–Crippen LogP) is 3.99. The van der Waals surface area contributed by atoms with E-state index in [-0.39, 0.29) is 11.6 Å². The fraction of sp³-hybridized carbons (Fsp3) is 0.462. The van der Waals surface area contributed by atoms with Gasteiger partial charge in [-0.2, -0.15) is 0 Å². The highest BCUT2D eigenvalue weighted by Crippen LogP contribution is 2.34. The molecule has 0 aliphatic carbocycles. The minimum Gasteiger partial charge on any atom is -0.490 e. The van der Waals surface area contributed by atoms with Crippen LogP contribution in [0, 0.1) is 0 Å². The van der Waals surface area contributed by atoms with Gasteiger partial charge in [0.15, 0.2) is 11.5 Å². The van der Waals surface area contributed by atoms with Gasteiger partial charge in [-0.3, -0.25) is 13.9 Å². The molecular formula is C26H33N3O4. The Hall–Kier alpha value is -3.22. The molecule has 176 valence electrons. The molecule has 1 aliphatic rings. The van der Waals surface area contributed by atoms with Gasteiger partial charge in [0.2, 0.25) is 5.91 Å². The van der Waals surface area contributed by atoms with E-state index in [2.05, 4.69) is 6.92 Å². The monoisotopic (exact) mass is 451 g/mol. The number of aryl methyl sites for hydroxylation is 2. The number of nitrogens with zero attached hydrogens (tertiary/aromatic N) is 3. The zero-order valence-corrected chi connectivity index (χ0v) is 19.8. The third kappa shape index (κ3) is 4.63. The number of hydrogen-bond acceptors (Lipinski definition) is 4. The van der Waals surface area contributed by atoms with Crippen LogP contribution in [0.25, 0.3) is 11.0 Å². The zero-order chi connectivity index (χ0) is 23.4. The van der Waals surface area contributed by atoms with Gasteiger partial charge < -0.3 is 14.4 Å². The average molecular weight is 452 g/mol. The van der Waals surface area contributed by atoms with Crippen LogP contribution in [0.2, 0.25) is 0 Å². The number of ether oxygens (including phenoxy) is 2. The molecule has 7 nitrogen and oxygen atoms in total. The number of carbonyl (C=O) groups excluding carboxylic acids is 1. The van der Waals surface area contributed by atoms with E-state index in [1.165, 1.54) is 5.56 Å². The van der Waals surface area contributed by atoms with Crippen LogP contribution < -0.4 is 15.2 Å². The lowest BCUT2D eigenvalue weighted by Crippen LogP contribution is -2.37. The second-order valence-electron chi connectivity index (χ2n) is 8.32. The SMILES string of the molecule is CCCn1c(=O)n(CCC(=O)N2CCc3cc(OCC)c(OCC)cc3C2)c2ccccc21. The summed E-state index contributed by atoms with van der Waals surface area (Å²) < 4.78 is 15.1. The molecule has 0 fully saturated rings. The fourth-order valence-corrected chi connectivity index (χ4v) is 4.61. The van der Waals surface area contributed by atoms with Crippen molar-refractivity contribution >= 4 is 16.9 Å². The summed E-state index contributed by atoms with van der Waals surface area (Å²) in [6.07, 6.45) is 1.96. The molecule has 1 amide bonds. The maximum atomic E-state index is 13.1. The molecule has 1 aliphatic heterocycles. The number of para-hydroxylation sites is 2. The van der Waals surface area contributed by atoms with Crippen molar-refractivity contribution in [3.63, 3.8) is 0 Å². The number of aromatic nitrogens is 2. The van der Waals surface area contributed by atoms with Gasteiger partial charge in [-0.1, -0.05) is 19.1 Å². The van der Waals surface area contributed by atoms with E-state index in [1.807, 2.05) is 59.7 Å². The summed E-state index contributed by atoms with van der Waals surface area (Å²) in [5, 5.41) is 0. The van der Waals surface area contributed by atoms with Crippen LogP contribution in [0.4, 0.5) is 0 Å². The van der Waals surface area contributed by atoms with E-state index in [0.717, 1.165) is 40.9 Å². The van der Waals surface area contributed by atoms with Gasteiger partial charge in [0.1, 0.15) is 0 Å². The van der Waals surface area contributed by atoms with Crippen LogP contribution in [-0.4, -0.2) is 39.7 Å². The summed E-state index contributed by atoms with van der Waals surface area (Å²) in [5.41, 5.74) is 4.07. The maximum Gasteiger partial charge on any atom is 0.329 e. The molecule has 0 radical (unpaired) electrons. The lowest BCUT2D eigenvalue weighted by molar-refractivity contribution is -0.132. The Balaban J connectivity index is 1.50. The van der Waals surface area contributed by atoms with Gasteiger partial charge >= 0.3 is 5.69 Å². The second kappa shape index (κ2) is 10.1.